The highest BCUT2D eigenvalue weighted by atomic mass is 16.2. The summed E-state index contributed by atoms with van der Waals surface area (Å²) in [5.74, 6) is 0. The monoisotopic (exact) mass is 190 g/mol. The number of hydrogen-bond acceptors (Lipinski definition) is 1. The van der Waals surface area contributed by atoms with Crippen LogP contribution in [0.3, 0.4) is 0 Å². The zero-order valence-corrected chi connectivity index (χ0v) is 8.21. The van der Waals surface area contributed by atoms with Crippen molar-refractivity contribution in [1.29, 1.82) is 0 Å². The van der Waals surface area contributed by atoms with Gasteiger partial charge >= 0.3 is 6.03 Å². The number of amides is 2. The highest BCUT2D eigenvalue weighted by Gasteiger charge is 1.98. The van der Waals surface area contributed by atoms with Crippen molar-refractivity contribution in [3.8, 4) is 0 Å². The largest absolute Gasteiger partial charge is 0.334 e. The third-order valence-electron chi connectivity index (χ3n) is 1.58. The summed E-state index contributed by atoms with van der Waals surface area (Å²) in [5, 5.41) is 5.39. The molecule has 3 heteroatoms. The minimum atomic E-state index is -0.209. The van der Waals surface area contributed by atoms with E-state index >= 15 is 0 Å². The first-order valence-electron chi connectivity index (χ1n) is 4.43. The van der Waals surface area contributed by atoms with Gasteiger partial charge in [0.2, 0.25) is 0 Å². The average Bonchev–Trinajstić information content (AvgIpc) is 2.16. The van der Waals surface area contributed by atoms with Gasteiger partial charge in [-0.15, -0.1) is 0 Å². The molecule has 1 rings (SSSR count). The Balaban J connectivity index is 2.38. The highest BCUT2D eigenvalue weighted by Crippen LogP contribution is 2.03. The van der Waals surface area contributed by atoms with Crippen LogP contribution in [0, 0.1) is 0 Å². The summed E-state index contributed by atoms with van der Waals surface area (Å²) in [4.78, 5) is 11.3. The number of urea groups is 1. The molecule has 0 aliphatic heterocycles. The summed E-state index contributed by atoms with van der Waals surface area (Å²) >= 11 is 0. The molecule has 0 aliphatic carbocycles. The van der Waals surface area contributed by atoms with Gasteiger partial charge in [0, 0.05) is 12.2 Å². The van der Waals surface area contributed by atoms with Crippen LogP contribution in [0.1, 0.15) is 6.92 Å². The molecule has 0 heterocycles. The number of nitrogens with one attached hydrogen (secondary N) is 2. The SMILES string of the molecule is C=C(C)CNC(=O)Nc1ccccc1. The van der Waals surface area contributed by atoms with Crippen molar-refractivity contribution in [2.75, 3.05) is 11.9 Å². The number of carbonyl (C=O) groups is 1. The predicted octanol–water partition coefficient (Wildman–Crippen LogP) is 2.38. The van der Waals surface area contributed by atoms with Gasteiger partial charge in [0.25, 0.3) is 0 Å². The van der Waals surface area contributed by atoms with E-state index in [2.05, 4.69) is 17.2 Å². The lowest BCUT2D eigenvalue weighted by atomic mass is 10.3. The Hall–Kier alpha value is -1.77. The molecule has 2 amide bonds. The molecule has 0 unspecified atom stereocenters. The highest BCUT2D eigenvalue weighted by molar-refractivity contribution is 5.89. The number of carbonyl (C=O) groups excluding carboxylic acids is 1. The van der Waals surface area contributed by atoms with Gasteiger partial charge in [-0.3, -0.25) is 0 Å². The zero-order valence-electron chi connectivity index (χ0n) is 8.21. The predicted molar refractivity (Wildman–Crippen MR) is 58.3 cm³/mol. The van der Waals surface area contributed by atoms with E-state index in [1.54, 1.807) is 0 Å². The van der Waals surface area contributed by atoms with Crippen LogP contribution in [-0.2, 0) is 0 Å². The quantitative estimate of drug-likeness (QED) is 0.706. The van der Waals surface area contributed by atoms with Gasteiger partial charge in [-0.05, 0) is 19.1 Å². The number of rotatable bonds is 3. The number of anilines is 1. The summed E-state index contributed by atoms with van der Waals surface area (Å²) in [7, 11) is 0. The van der Waals surface area contributed by atoms with Crippen molar-refractivity contribution in [3.63, 3.8) is 0 Å². The third kappa shape index (κ3) is 3.76. The van der Waals surface area contributed by atoms with Gasteiger partial charge in [0.15, 0.2) is 0 Å². The van der Waals surface area contributed by atoms with Gasteiger partial charge in [0.05, 0.1) is 0 Å². The van der Waals surface area contributed by atoms with E-state index < -0.39 is 0 Å². The molecular weight excluding hydrogens is 176 g/mol. The lowest BCUT2D eigenvalue weighted by Gasteiger charge is -2.06. The first-order valence-corrected chi connectivity index (χ1v) is 4.43. The van der Waals surface area contributed by atoms with Gasteiger partial charge in [-0.25, -0.2) is 4.79 Å². The maximum atomic E-state index is 11.3. The second-order valence-corrected chi connectivity index (χ2v) is 3.13. The number of hydrogen-bond donors (Lipinski definition) is 2. The van der Waals surface area contributed by atoms with E-state index in [4.69, 9.17) is 0 Å². The van der Waals surface area contributed by atoms with E-state index in [1.807, 2.05) is 37.3 Å². The van der Waals surface area contributed by atoms with E-state index in [0.29, 0.717) is 6.54 Å². The molecule has 0 aromatic heterocycles. The fourth-order valence-electron chi connectivity index (χ4n) is 0.928. The van der Waals surface area contributed by atoms with Crippen LogP contribution in [0.5, 0.6) is 0 Å². The van der Waals surface area contributed by atoms with Gasteiger partial charge in [-0.2, -0.15) is 0 Å². The third-order valence-corrected chi connectivity index (χ3v) is 1.58. The smallest absolute Gasteiger partial charge is 0.319 e. The van der Waals surface area contributed by atoms with E-state index in [9.17, 15) is 4.79 Å². The first-order chi connectivity index (χ1) is 6.68. The standard InChI is InChI=1S/C11H14N2O/c1-9(2)8-12-11(14)13-10-6-4-3-5-7-10/h3-7H,1,8H2,2H3,(H2,12,13,14). The van der Waals surface area contributed by atoms with Crippen LogP contribution in [0.2, 0.25) is 0 Å². The van der Waals surface area contributed by atoms with Gasteiger partial charge in [0.1, 0.15) is 0 Å². The van der Waals surface area contributed by atoms with Crippen LogP contribution in [-0.4, -0.2) is 12.6 Å². The summed E-state index contributed by atoms with van der Waals surface area (Å²) in [6.07, 6.45) is 0. The van der Waals surface area contributed by atoms with Crippen molar-refractivity contribution in [2.24, 2.45) is 0 Å². The normalized spacial score (nSPS) is 9.21. The summed E-state index contributed by atoms with van der Waals surface area (Å²) < 4.78 is 0. The van der Waals surface area contributed by atoms with Crippen molar-refractivity contribution >= 4 is 11.7 Å². The number of benzene rings is 1. The van der Waals surface area contributed by atoms with Crippen molar-refractivity contribution in [1.82, 2.24) is 5.32 Å². The Morgan fingerprint density at radius 1 is 1.36 bits per heavy atom. The van der Waals surface area contributed by atoms with Crippen LogP contribution in [0.15, 0.2) is 42.5 Å². The Morgan fingerprint density at radius 2 is 2.00 bits per heavy atom. The van der Waals surface area contributed by atoms with Gasteiger partial charge in [-0.1, -0.05) is 30.4 Å². The first kappa shape index (κ1) is 10.3. The Bertz CT molecular complexity index is 319. The zero-order chi connectivity index (χ0) is 10.4. The minimum Gasteiger partial charge on any atom is -0.334 e. The van der Waals surface area contributed by atoms with Crippen LogP contribution in [0.4, 0.5) is 10.5 Å². The topological polar surface area (TPSA) is 41.1 Å². The second kappa shape index (κ2) is 5.07. The molecule has 0 saturated carbocycles. The van der Waals surface area contributed by atoms with Crippen LogP contribution in [0.25, 0.3) is 0 Å². The number of para-hydroxylation sites is 1. The lowest BCUT2D eigenvalue weighted by Crippen LogP contribution is -2.29. The molecule has 1 aromatic rings. The van der Waals surface area contributed by atoms with Crippen LogP contribution < -0.4 is 10.6 Å². The molecule has 2 N–H and O–H groups in total. The molecule has 0 atom stereocenters. The molecule has 1 aromatic carbocycles. The molecule has 0 fully saturated rings. The van der Waals surface area contributed by atoms with Crippen molar-refractivity contribution < 1.29 is 4.79 Å². The van der Waals surface area contributed by atoms with E-state index in [0.717, 1.165) is 11.3 Å². The summed E-state index contributed by atoms with van der Waals surface area (Å²) in [6, 6.07) is 9.10. The molecule has 0 spiro atoms. The molecule has 0 aliphatic rings. The molecule has 74 valence electrons. The molecular formula is C11H14N2O. The van der Waals surface area contributed by atoms with Crippen molar-refractivity contribution in [2.45, 2.75) is 6.92 Å². The van der Waals surface area contributed by atoms with Crippen LogP contribution >= 0.6 is 0 Å². The Kier molecular flexibility index (Phi) is 3.73. The Morgan fingerprint density at radius 3 is 2.57 bits per heavy atom. The second-order valence-electron chi connectivity index (χ2n) is 3.13. The average molecular weight is 190 g/mol. The molecule has 0 radical (unpaired) electrons. The molecule has 14 heavy (non-hydrogen) atoms. The molecule has 0 saturated heterocycles. The fraction of sp³-hybridized carbons (Fsp3) is 0.182. The summed E-state index contributed by atoms with van der Waals surface area (Å²) in [5.41, 5.74) is 1.71. The lowest BCUT2D eigenvalue weighted by molar-refractivity contribution is 0.253. The maximum Gasteiger partial charge on any atom is 0.319 e. The Labute approximate surface area is 83.8 Å². The fourth-order valence-corrected chi connectivity index (χ4v) is 0.928. The molecule has 3 nitrogen and oxygen atoms in total. The van der Waals surface area contributed by atoms with Crippen molar-refractivity contribution in [3.05, 3.63) is 42.5 Å². The summed E-state index contributed by atoms with van der Waals surface area (Å²) in [6.45, 7) is 6.05. The minimum absolute atomic E-state index is 0.209. The van der Waals surface area contributed by atoms with Gasteiger partial charge < -0.3 is 10.6 Å². The molecule has 0 bridgehead atoms. The van der Waals surface area contributed by atoms with E-state index in [-0.39, 0.29) is 6.03 Å². The van der Waals surface area contributed by atoms with E-state index in [1.165, 1.54) is 0 Å². The maximum absolute atomic E-state index is 11.3.